The number of nitrogens with two attached hydrogens (primary N) is 1. The number of nitrogens with one attached hydrogen (secondary N) is 1. The van der Waals surface area contributed by atoms with Crippen molar-refractivity contribution >= 4 is 29.2 Å². The first-order valence-corrected chi connectivity index (χ1v) is 13.1. The van der Waals surface area contributed by atoms with Crippen LogP contribution in [-0.2, 0) is 30.6 Å². The number of hydrogen-bond donors (Lipinski definition) is 2. The third-order valence-electron chi connectivity index (χ3n) is 7.39. The summed E-state index contributed by atoms with van der Waals surface area (Å²) in [5.74, 6) is 0.684. The zero-order valence-corrected chi connectivity index (χ0v) is 21.5. The van der Waals surface area contributed by atoms with Gasteiger partial charge in [-0.05, 0) is 77.9 Å². The van der Waals surface area contributed by atoms with Crippen LogP contribution in [0.15, 0.2) is 72.8 Å². The number of amides is 1. The molecule has 1 amide bonds. The molecular formula is C30H25FN8O. The van der Waals surface area contributed by atoms with Gasteiger partial charge in [0, 0.05) is 16.9 Å². The van der Waals surface area contributed by atoms with Crippen molar-refractivity contribution in [2.24, 2.45) is 0 Å². The van der Waals surface area contributed by atoms with Crippen LogP contribution in [0.4, 0.5) is 27.7 Å². The Hall–Kier alpha value is -5.12. The van der Waals surface area contributed by atoms with Gasteiger partial charge in [0.15, 0.2) is 5.82 Å². The first kappa shape index (κ1) is 24.0. The number of anilines is 4. The third-order valence-corrected chi connectivity index (χ3v) is 7.39. The molecule has 1 aliphatic heterocycles. The highest BCUT2D eigenvalue weighted by Gasteiger charge is 2.27. The number of aromatic nitrogens is 5. The zero-order valence-electron chi connectivity index (χ0n) is 21.5. The lowest BCUT2D eigenvalue weighted by Crippen LogP contribution is -2.25. The monoisotopic (exact) mass is 532 g/mol. The molecule has 3 N–H and O–H groups in total. The number of nitrogen functional groups attached to an aromatic ring is 1. The normalized spacial score (nSPS) is 13.9. The van der Waals surface area contributed by atoms with Crippen molar-refractivity contribution in [1.29, 1.82) is 0 Å². The Morgan fingerprint density at radius 3 is 2.62 bits per heavy atom. The predicted octanol–water partition coefficient (Wildman–Crippen LogP) is 4.77. The van der Waals surface area contributed by atoms with Gasteiger partial charge in [-0.1, -0.05) is 36.4 Å². The van der Waals surface area contributed by atoms with Gasteiger partial charge in [-0.15, -0.1) is 15.3 Å². The minimum absolute atomic E-state index is 0.0447. The number of fused-ring (bicyclic) bond motifs is 4. The maximum Gasteiger partial charge on any atom is 0.241 e. The van der Waals surface area contributed by atoms with E-state index in [2.05, 4.69) is 43.8 Å². The van der Waals surface area contributed by atoms with Crippen molar-refractivity contribution in [3.8, 4) is 17.1 Å². The summed E-state index contributed by atoms with van der Waals surface area (Å²) >= 11 is 0. The van der Waals surface area contributed by atoms with E-state index in [-0.39, 0.29) is 24.1 Å². The molecule has 2 aromatic heterocycles. The summed E-state index contributed by atoms with van der Waals surface area (Å²) in [6.45, 7) is 0.398. The summed E-state index contributed by atoms with van der Waals surface area (Å²) in [7, 11) is 0. The van der Waals surface area contributed by atoms with E-state index in [0.29, 0.717) is 23.9 Å². The highest BCUT2D eigenvalue weighted by atomic mass is 19.1. The topological polar surface area (TPSA) is 115 Å². The Morgan fingerprint density at radius 1 is 0.925 bits per heavy atom. The van der Waals surface area contributed by atoms with Gasteiger partial charge < -0.3 is 16.0 Å². The lowest BCUT2D eigenvalue weighted by atomic mass is 10.0. The molecular weight excluding hydrogens is 507 g/mol. The summed E-state index contributed by atoms with van der Waals surface area (Å²) in [4.78, 5) is 18.6. The van der Waals surface area contributed by atoms with Gasteiger partial charge in [0.05, 0.1) is 18.7 Å². The molecule has 0 saturated carbocycles. The number of carbonyl (C=O) groups excluding carboxylic acids is 1. The highest BCUT2D eigenvalue weighted by Crippen LogP contribution is 2.33. The average Bonchev–Trinajstić information content (AvgIpc) is 3.40. The fourth-order valence-corrected chi connectivity index (χ4v) is 5.48. The molecule has 1 aliphatic carbocycles. The number of benzene rings is 3. The minimum atomic E-state index is -0.334. The number of hydrogen-bond acceptors (Lipinski definition) is 7. The van der Waals surface area contributed by atoms with Crippen LogP contribution in [0.1, 0.15) is 28.7 Å². The van der Waals surface area contributed by atoms with Gasteiger partial charge in [-0.25, -0.2) is 4.39 Å². The molecule has 3 heterocycles. The third kappa shape index (κ3) is 4.33. The second kappa shape index (κ2) is 9.57. The minimum Gasteiger partial charge on any atom is -0.366 e. The van der Waals surface area contributed by atoms with E-state index >= 15 is 0 Å². The number of carbonyl (C=O) groups is 1. The molecule has 5 aromatic rings. The van der Waals surface area contributed by atoms with Crippen LogP contribution >= 0.6 is 0 Å². The van der Waals surface area contributed by atoms with Crippen molar-refractivity contribution in [2.75, 3.05) is 16.0 Å². The van der Waals surface area contributed by atoms with Gasteiger partial charge in [-0.3, -0.25) is 4.79 Å². The van der Waals surface area contributed by atoms with E-state index < -0.39 is 0 Å². The maximum absolute atomic E-state index is 13.6. The fourth-order valence-electron chi connectivity index (χ4n) is 5.48. The number of rotatable bonds is 5. The van der Waals surface area contributed by atoms with Crippen molar-refractivity contribution < 1.29 is 9.18 Å². The van der Waals surface area contributed by atoms with Crippen LogP contribution in [0, 0.1) is 5.82 Å². The summed E-state index contributed by atoms with van der Waals surface area (Å²) in [5.41, 5.74) is 13.6. The van der Waals surface area contributed by atoms with Gasteiger partial charge in [0.1, 0.15) is 5.82 Å². The van der Waals surface area contributed by atoms with Crippen LogP contribution in [0.2, 0.25) is 0 Å². The molecule has 7 rings (SSSR count). The van der Waals surface area contributed by atoms with E-state index in [0.717, 1.165) is 53.0 Å². The smallest absolute Gasteiger partial charge is 0.241 e. The molecule has 198 valence electrons. The maximum atomic E-state index is 13.6. The quantitative estimate of drug-likeness (QED) is 0.335. The largest absolute Gasteiger partial charge is 0.366 e. The SMILES string of the molecule is Nc1nc(Nc2ccc(CN3C(=O)Cc4cc(F)ccc43)cc2)n(-c2cc3c(nn2)-c2ccccc2CCC3)n1. The Labute approximate surface area is 229 Å². The van der Waals surface area contributed by atoms with Gasteiger partial charge in [0.2, 0.25) is 17.8 Å². The van der Waals surface area contributed by atoms with Crippen LogP contribution in [0.25, 0.3) is 17.1 Å². The van der Waals surface area contributed by atoms with E-state index in [1.54, 1.807) is 15.6 Å². The van der Waals surface area contributed by atoms with Gasteiger partial charge in [-0.2, -0.15) is 9.67 Å². The van der Waals surface area contributed by atoms with Crippen molar-refractivity contribution in [3.63, 3.8) is 0 Å². The van der Waals surface area contributed by atoms with Gasteiger partial charge >= 0.3 is 0 Å². The second-order valence-electron chi connectivity index (χ2n) is 10.0. The summed E-state index contributed by atoms with van der Waals surface area (Å²) < 4.78 is 15.1. The number of nitrogens with zero attached hydrogens (tertiary/aromatic N) is 6. The summed E-state index contributed by atoms with van der Waals surface area (Å²) in [6, 6.07) is 22.5. The Balaban J connectivity index is 1.12. The fraction of sp³-hybridized carbons (Fsp3) is 0.167. The van der Waals surface area contributed by atoms with Crippen LogP contribution in [-0.4, -0.2) is 30.9 Å². The standard InChI is InChI=1S/C30H25FN8O/c31-22-10-13-25-21(14-22)16-27(40)38(25)17-18-8-11-23(12-9-18)33-30-34-29(32)37-39(30)26-15-20-6-3-5-19-4-1-2-7-24(19)28(20)36-35-26/h1-2,4,7-15H,3,5-6,16-17H2,(H3,32,33,34,37). The predicted molar refractivity (Wildman–Crippen MR) is 150 cm³/mol. The van der Waals surface area contributed by atoms with Crippen molar-refractivity contribution in [2.45, 2.75) is 32.2 Å². The highest BCUT2D eigenvalue weighted by molar-refractivity contribution is 6.01. The molecule has 0 radical (unpaired) electrons. The van der Waals surface area contributed by atoms with E-state index in [9.17, 15) is 9.18 Å². The zero-order chi connectivity index (χ0) is 27.2. The molecule has 2 aliphatic rings. The molecule has 40 heavy (non-hydrogen) atoms. The Bertz CT molecular complexity index is 1760. The Kier molecular flexibility index (Phi) is 5.73. The lowest BCUT2D eigenvalue weighted by Gasteiger charge is -2.18. The van der Waals surface area contributed by atoms with Crippen molar-refractivity contribution in [3.05, 3.63) is 101 Å². The summed E-state index contributed by atoms with van der Waals surface area (Å²) in [5, 5.41) is 16.7. The first-order valence-electron chi connectivity index (χ1n) is 13.1. The molecule has 0 fully saturated rings. The van der Waals surface area contributed by atoms with Crippen LogP contribution in [0.5, 0.6) is 0 Å². The van der Waals surface area contributed by atoms with E-state index in [4.69, 9.17) is 5.73 Å². The van der Waals surface area contributed by atoms with E-state index in [1.807, 2.05) is 36.4 Å². The van der Waals surface area contributed by atoms with Gasteiger partial charge in [0.25, 0.3) is 0 Å². The molecule has 0 spiro atoms. The van der Waals surface area contributed by atoms with Crippen molar-refractivity contribution in [1.82, 2.24) is 25.0 Å². The van der Waals surface area contributed by atoms with E-state index in [1.165, 1.54) is 17.7 Å². The van der Waals surface area contributed by atoms with Crippen LogP contribution in [0.3, 0.4) is 0 Å². The molecule has 0 atom stereocenters. The second-order valence-corrected chi connectivity index (χ2v) is 10.0. The summed E-state index contributed by atoms with van der Waals surface area (Å²) in [6.07, 6.45) is 3.12. The lowest BCUT2D eigenvalue weighted by molar-refractivity contribution is -0.117. The molecule has 0 unspecified atom stereocenters. The molecule has 10 heteroatoms. The first-order chi connectivity index (χ1) is 19.5. The molecule has 0 bridgehead atoms. The Morgan fingerprint density at radius 2 is 1.75 bits per heavy atom. The average molecular weight is 533 g/mol. The van der Waals surface area contributed by atoms with Crippen LogP contribution < -0.4 is 16.0 Å². The molecule has 9 nitrogen and oxygen atoms in total. The molecule has 3 aromatic carbocycles. The molecule has 0 saturated heterocycles. The number of aryl methyl sites for hydroxylation is 2. The number of halogens is 1.